The monoisotopic (exact) mass is 444 g/mol. The predicted octanol–water partition coefficient (Wildman–Crippen LogP) is 4.60. The molecule has 0 unspecified atom stereocenters. The number of amides is 1. The first kappa shape index (κ1) is 19.8. The average Bonchev–Trinajstić information content (AvgIpc) is 3.42. The zero-order chi connectivity index (χ0) is 22.1. The molecule has 0 aliphatic carbocycles. The number of aromatic nitrogens is 3. The third kappa shape index (κ3) is 3.81. The van der Waals surface area contributed by atoms with Crippen LogP contribution in [0.1, 0.15) is 15.4 Å². The van der Waals surface area contributed by atoms with Crippen molar-refractivity contribution < 1.29 is 18.7 Å². The molecule has 9 heteroatoms. The molecule has 2 heterocycles. The highest BCUT2D eigenvalue weighted by molar-refractivity contribution is 7.15. The van der Waals surface area contributed by atoms with E-state index in [0.717, 1.165) is 15.9 Å². The van der Waals surface area contributed by atoms with Crippen molar-refractivity contribution in [3.8, 4) is 11.5 Å². The van der Waals surface area contributed by atoms with Crippen molar-refractivity contribution in [2.75, 3.05) is 11.9 Å². The minimum atomic E-state index is -0.622. The maximum atomic E-state index is 12.9. The lowest BCUT2D eigenvalue weighted by Gasteiger charge is -2.10. The van der Waals surface area contributed by atoms with Gasteiger partial charge < -0.3 is 9.15 Å². The molecule has 0 aliphatic rings. The van der Waals surface area contributed by atoms with E-state index in [4.69, 9.17) is 9.15 Å². The Hall–Kier alpha value is -4.11. The largest absolute Gasteiger partial charge is 0.452 e. The highest BCUT2D eigenvalue weighted by Crippen LogP contribution is 2.33. The molecule has 0 atom stereocenters. The van der Waals surface area contributed by atoms with Crippen LogP contribution in [-0.2, 0) is 9.53 Å². The Balaban J connectivity index is 1.44. The second kappa shape index (κ2) is 8.20. The topological polar surface area (TPSA) is 107 Å². The number of oxazole rings is 1. The van der Waals surface area contributed by atoms with E-state index in [2.05, 4.69) is 20.5 Å². The van der Waals surface area contributed by atoms with E-state index in [1.807, 2.05) is 48.5 Å². The quantitative estimate of drug-likeness (QED) is 0.395. The summed E-state index contributed by atoms with van der Waals surface area (Å²) < 4.78 is 11.2. The van der Waals surface area contributed by atoms with Gasteiger partial charge in [-0.05, 0) is 36.6 Å². The summed E-state index contributed by atoms with van der Waals surface area (Å²) in [5, 5.41) is 12.8. The van der Waals surface area contributed by atoms with Crippen LogP contribution in [-0.4, -0.2) is 33.7 Å². The predicted molar refractivity (Wildman–Crippen MR) is 121 cm³/mol. The fourth-order valence-corrected chi connectivity index (χ4v) is 4.00. The zero-order valence-corrected chi connectivity index (χ0v) is 17.7. The normalized spacial score (nSPS) is 11.0. The lowest BCUT2D eigenvalue weighted by molar-refractivity contribution is -0.119. The number of carbonyl (C=O) groups excluding carboxylic acids is 2. The Morgan fingerprint density at radius 1 is 1.03 bits per heavy atom. The van der Waals surface area contributed by atoms with Gasteiger partial charge in [-0.3, -0.25) is 10.1 Å². The molecule has 5 rings (SSSR count). The molecule has 1 N–H and O–H groups in total. The number of carbonyl (C=O) groups is 2. The van der Waals surface area contributed by atoms with Gasteiger partial charge in [0.05, 0.1) is 5.56 Å². The molecule has 8 nitrogen and oxygen atoms in total. The summed E-state index contributed by atoms with van der Waals surface area (Å²) in [5.74, 6) is -0.710. The van der Waals surface area contributed by atoms with Crippen LogP contribution in [0.25, 0.3) is 33.3 Å². The van der Waals surface area contributed by atoms with Crippen LogP contribution in [0.5, 0.6) is 0 Å². The first-order chi connectivity index (χ1) is 15.6. The van der Waals surface area contributed by atoms with Gasteiger partial charge >= 0.3 is 5.97 Å². The molecule has 2 aromatic heterocycles. The van der Waals surface area contributed by atoms with Gasteiger partial charge in [0.25, 0.3) is 5.91 Å². The summed E-state index contributed by atoms with van der Waals surface area (Å²) in [6.45, 7) is 1.33. The van der Waals surface area contributed by atoms with Crippen LogP contribution in [0.2, 0.25) is 0 Å². The number of esters is 1. The maximum Gasteiger partial charge on any atom is 0.339 e. The van der Waals surface area contributed by atoms with Crippen molar-refractivity contribution in [1.29, 1.82) is 0 Å². The molecular weight excluding hydrogens is 428 g/mol. The summed E-state index contributed by atoms with van der Waals surface area (Å²) in [7, 11) is 0. The Labute approximate surface area is 185 Å². The van der Waals surface area contributed by atoms with Gasteiger partial charge in [-0.2, -0.15) is 0 Å². The average molecular weight is 444 g/mol. The molecule has 0 aliphatic heterocycles. The number of anilines is 1. The summed E-state index contributed by atoms with van der Waals surface area (Å²) in [5.41, 5.74) is 2.37. The van der Waals surface area contributed by atoms with Crippen LogP contribution in [0.3, 0.4) is 0 Å². The second-order valence-corrected chi connectivity index (χ2v) is 8.13. The lowest BCUT2D eigenvalue weighted by Crippen LogP contribution is -2.21. The van der Waals surface area contributed by atoms with E-state index in [-0.39, 0.29) is 0 Å². The summed E-state index contributed by atoms with van der Waals surface area (Å²) >= 11 is 1.24. The second-order valence-electron chi connectivity index (χ2n) is 6.95. The minimum absolute atomic E-state index is 0.319. The van der Waals surface area contributed by atoms with E-state index in [0.29, 0.717) is 33.1 Å². The molecule has 3 aromatic carbocycles. The highest BCUT2D eigenvalue weighted by Gasteiger charge is 2.19. The summed E-state index contributed by atoms with van der Waals surface area (Å²) in [6, 6.07) is 18.4. The van der Waals surface area contributed by atoms with Crippen molar-refractivity contribution in [2.45, 2.75) is 6.92 Å². The van der Waals surface area contributed by atoms with Crippen LogP contribution >= 0.6 is 11.3 Å². The van der Waals surface area contributed by atoms with E-state index in [1.165, 1.54) is 11.3 Å². The van der Waals surface area contributed by atoms with Gasteiger partial charge in [0.15, 0.2) is 12.2 Å². The van der Waals surface area contributed by atoms with E-state index in [9.17, 15) is 9.59 Å². The first-order valence-corrected chi connectivity index (χ1v) is 10.5. The van der Waals surface area contributed by atoms with E-state index < -0.39 is 18.5 Å². The van der Waals surface area contributed by atoms with Gasteiger partial charge in [0.2, 0.25) is 11.0 Å². The molecule has 158 valence electrons. The Morgan fingerprint density at radius 3 is 2.62 bits per heavy atom. The molecule has 0 bridgehead atoms. The standard InChI is InChI=1S/C23H16N4O4S/c1-13-26-27-23(32-13)25-19(28)12-30-22(29)16-9-5-7-14-6-4-8-15(20(14)16)21-24-17-10-2-3-11-18(17)31-21/h2-11H,12H2,1H3,(H,25,27,28). The Morgan fingerprint density at radius 2 is 1.84 bits per heavy atom. The molecule has 32 heavy (non-hydrogen) atoms. The molecule has 1 amide bonds. The SMILES string of the molecule is Cc1nnc(NC(=O)COC(=O)c2cccc3cccc(-c4nc5ccccc5o4)c23)s1. The zero-order valence-electron chi connectivity index (χ0n) is 16.9. The molecule has 0 saturated heterocycles. The van der Waals surface area contributed by atoms with Crippen LogP contribution in [0, 0.1) is 6.92 Å². The molecule has 5 aromatic rings. The van der Waals surface area contributed by atoms with Crippen LogP contribution in [0.4, 0.5) is 5.13 Å². The molecule has 0 radical (unpaired) electrons. The lowest BCUT2D eigenvalue weighted by atomic mass is 9.99. The molecule has 0 fully saturated rings. The maximum absolute atomic E-state index is 12.9. The van der Waals surface area contributed by atoms with Crippen molar-refractivity contribution in [1.82, 2.24) is 15.2 Å². The van der Waals surface area contributed by atoms with E-state index >= 15 is 0 Å². The van der Waals surface area contributed by atoms with Crippen molar-refractivity contribution in [2.24, 2.45) is 0 Å². The third-order valence-electron chi connectivity index (χ3n) is 4.76. The molecule has 0 saturated carbocycles. The third-order valence-corrected chi connectivity index (χ3v) is 5.51. The van der Waals surface area contributed by atoms with Crippen molar-refractivity contribution >= 4 is 50.2 Å². The smallest absolute Gasteiger partial charge is 0.339 e. The minimum Gasteiger partial charge on any atom is -0.452 e. The number of benzene rings is 3. The van der Waals surface area contributed by atoms with Crippen LogP contribution in [0.15, 0.2) is 65.1 Å². The Kier molecular flexibility index (Phi) is 5.08. The van der Waals surface area contributed by atoms with Crippen molar-refractivity contribution in [3.05, 3.63) is 71.2 Å². The fraction of sp³-hybridized carbons (Fsp3) is 0.0870. The number of hydrogen-bond acceptors (Lipinski definition) is 8. The number of fused-ring (bicyclic) bond motifs is 2. The van der Waals surface area contributed by atoms with Crippen molar-refractivity contribution in [3.63, 3.8) is 0 Å². The summed E-state index contributed by atoms with van der Waals surface area (Å²) in [6.07, 6.45) is 0. The van der Waals surface area contributed by atoms with Gasteiger partial charge in [-0.1, -0.05) is 47.7 Å². The number of ether oxygens (including phenoxy) is 1. The summed E-state index contributed by atoms with van der Waals surface area (Å²) in [4.78, 5) is 29.6. The number of nitrogens with one attached hydrogen (secondary N) is 1. The molecule has 0 spiro atoms. The van der Waals surface area contributed by atoms with Gasteiger partial charge in [0, 0.05) is 10.9 Å². The number of rotatable bonds is 5. The number of nitrogens with zero attached hydrogens (tertiary/aromatic N) is 3. The first-order valence-electron chi connectivity index (χ1n) is 9.73. The highest BCUT2D eigenvalue weighted by atomic mass is 32.1. The number of aryl methyl sites for hydroxylation is 1. The van der Waals surface area contributed by atoms with E-state index in [1.54, 1.807) is 19.1 Å². The van der Waals surface area contributed by atoms with Crippen LogP contribution < -0.4 is 5.32 Å². The molecular formula is C23H16N4O4S. The Bertz CT molecular complexity index is 1440. The van der Waals surface area contributed by atoms with Gasteiger partial charge in [-0.15, -0.1) is 10.2 Å². The number of para-hydroxylation sites is 2. The van der Waals surface area contributed by atoms with Gasteiger partial charge in [0.1, 0.15) is 10.5 Å². The number of hydrogen-bond donors (Lipinski definition) is 1. The fourth-order valence-electron chi connectivity index (χ4n) is 3.39. The van der Waals surface area contributed by atoms with Gasteiger partial charge in [-0.25, -0.2) is 9.78 Å².